The number of carbonyl (C=O) groups is 1. The topological polar surface area (TPSA) is 72.9 Å². The number of sulfone groups is 1. The summed E-state index contributed by atoms with van der Waals surface area (Å²) in [5.41, 5.74) is 0.148. The van der Waals surface area contributed by atoms with Gasteiger partial charge in [0.2, 0.25) is 0 Å². The van der Waals surface area contributed by atoms with Crippen LogP contribution < -0.4 is 4.74 Å². The normalized spacial score (nSPS) is 21.6. The highest BCUT2D eigenvalue weighted by molar-refractivity contribution is 7.91. The molecule has 1 amide bonds. The molecule has 1 aromatic rings. The van der Waals surface area contributed by atoms with Crippen LogP contribution in [0.2, 0.25) is 0 Å². The summed E-state index contributed by atoms with van der Waals surface area (Å²) < 4.78 is 50.2. The highest BCUT2D eigenvalue weighted by Gasteiger charge is 2.38. The van der Waals surface area contributed by atoms with Gasteiger partial charge in [-0.2, -0.15) is 0 Å². The highest BCUT2D eigenvalue weighted by atomic mass is 32.2. The summed E-state index contributed by atoms with van der Waals surface area (Å²) in [6.07, 6.45) is 1.35. The van der Waals surface area contributed by atoms with Crippen LogP contribution in [0, 0.1) is 17.2 Å². The lowest BCUT2D eigenvalue weighted by atomic mass is 9.76. The van der Waals surface area contributed by atoms with Crippen LogP contribution in [0.3, 0.4) is 0 Å². The zero-order valence-corrected chi connectivity index (χ0v) is 20.7. The van der Waals surface area contributed by atoms with Gasteiger partial charge in [0.1, 0.15) is 11.6 Å². The molecule has 0 N–H and O–H groups in total. The molecule has 0 bridgehead atoms. The van der Waals surface area contributed by atoms with Gasteiger partial charge in [-0.25, -0.2) is 12.8 Å². The molecule has 1 aromatic carbocycles. The molecule has 1 atom stereocenters. The van der Waals surface area contributed by atoms with E-state index in [0.29, 0.717) is 57.1 Å². The number of hydrogen-bond acceptors (Lipinski definition) is 5. The molecule has 2 fully saturated rings. The minimum Gasteiger partial charge on any atom is -0.493 e. The molecule has 3 rings (SSSR count). The molecule has 2 saturated heterocycles. The van der Waals surface area contributed by atoms with Crippen LogP contribution in [0.1, 0.15) is 63.4 Å². The maximum absolute atomic E-state index is 15.0. The Morgan fingerprint density at radius 2 is 1.84 bits per heavy atom. The first-order chi connectivity index (χ1) is 14.8. The van der Waals surface area contributed by atoms with Gasteiger partial charge in [0, 0.05) is 18.7 Å². The third-order valence-corrected chi connectivity index (χ3v) is 8.52. The lowest BCUT2D eigenvalue weighted by molar-refractivity contribution is 0.0299. The van der Waals surface area contributed by atoms with E-state index in [0.717, 1.165) is 0 Å². The van der Waals surface area contributed by atoms with Crippen LogP contribution in [0.5, 0.6) is 5.75 Å². The first-order valence-electron chi connectivity index (χ1n) is 11.3. The van der Waals surface area contributed by atoms with Gasteiger partial charge < -0.3 is 14.4 Å². The van der Waals surface area contributed by atoms with Crippen LogP contribution in [-0.2, 0) is 20.0 Å². The monoisotopic (exact) mass is 469 g/mol. The summed E-state index contributed by atoms with van der Waals surface area (Å²) in [4.78, 5) is 14.5. The average molecular weight is 470 g/mol. The Hall–Kier alpha value is -1.67. The quantitative estimate of drug-likeness (QED) is 0.633. The molecule has 2 aliphatic heterocycles. The Morgan fingerprint density at radius 3 is 2.41 bits per heavy atom. The van der Waals surface area contributed by atoms with Crippen LogP contribution in [0.15, 0.2) is 12.1 Å². The molecule has 0 spiro atoms. The lowest BCUT2D eigenvalue weighted by Gasteiger charge is -2.31. The standard InChI is InChI=1S/C24H36FNO5S/c1-23(2,3)19-15-20(25)18(22(27)26-8-11-30-12-9-26)14-21(19)31-10-7-24(4,5)17-6-13-32(28,29)16-17/h14-15,17H,6-13,16H2,1-5H3. The van der Waals surface area contributed by atoms with Gasteiger partial charge in [-0.1, -0.05) is 34.6 Å². The lowest BCUT2D eigenvalue weighted by Crippen LogP contribution is -2.41. The second-order valence-electron chi connectivity index (χ2n) is 10.7. The van der Waals surface area contributed by atoms with E-state index < -0.39 is 15.7 Å². The number of carbonyl (C=O) groups excluding carboxylic acids is 1. The Kier molecular flexibility index (Phi) is 7.25. The Labute approximate surface area is 191 Å². The van der Waals surface area contributed by atoms with Gasteiger partial charge in [-0.15, -0.1) is 0 Å². The molecule has 180 valence electrons. The minimum atomic E-state index is -2.95. The Bertz CT molecular complexity index is 946. The van der Waals surface area contributed by atoms with E-state index in [4.69, 9.17) is 9.47 Å². The summed E-state index contributed by atoms with van der Waals surface area (Å²) in [5, 5.41) is 0. The van der Waals surface area contributed by atoms with Crippen molar-refractivity contribution in [3.8, 4) is 5.75 Å². The van der Waals surface area contributed by atoms with Crippen molar-refractivity contribution in [2.45, 2.75) is 52.9 Å². The molecule has 6 nitrogen and oxygen atoms in total. The maximum Gasteiger partial charge on any atom is 0.257 e. The van der Waals surface area contributed by atoms with Crippen molar-refractivity contribution >= 4 is 15.7 Å². The van der Waals surface area contributed by atoms with Gasteiger partial charge in [-0.05, 0) is 41.7 Å². The van der Waals surface area contributed by atoms with Crippen molar-refractivity contribution in [1.29, 1.82) is 0 Å². The second-order valence-corrected chi connectivity index (χ2v) is 12.9. The predicted octanol–water partition coefficient (Wildman–Crippen LogP) is 3.83. The van der Waals surface area contributed by atoms with Gasteiger partial charge in [0.25, 0.3) is 5.91 Å². The van der Waals surface area contributed by atoms with E-state index in [-0.39, 0.29) is 39.7 Å². The van der Waals surface area contributed by atoms with E-state index in [9.17, 15) is 17.6 Å². The van der Waals surface area contributed by atoms with Crippen molar-refractivity contribution in [1.82, 2.24) is 4.90 Å². The van der Waals surface area contributed by atoms with Crippen molar-refractivity contribution in [2.24, 2.45) is 11.3 Å². The van der Waals surface area contributed by atoms with E-state index in [1.807, 2.05) is 20.8 Å². The summed E-state index contributed by atoms with van der Waals surface area (Å²) in [6, 6.07) is 2.94. The van der Waals surface area contributed by atoms with Crippen molar-refractivity contribution in [3.05, 3.63) is 29.1 Å². The summed E-state index contributed by atoms with van der Waals surface area (Å²) in [5.74, 6) is 0.182. The minimum absolute atomic E-state index is 0.0102. The fraction of sp³-hybridized carbons (Fsp3) is 0.708. The van der Waals surface area contributed by atoms with Crippen molar-refractivity contribution < 1.29 is 27.1 Å². The SMILES string of the molecule is CC(C)(C)c1cc(F)c(C(=O)N2CCOCC2)cc1OCCC(C)(C)C1CCS(=O)(=O)C1. The summed E-state index contributed by atoms with van der Waals surface area (Å²) in [6.45, 7) is 12.2. The molecule has 2 heterocycles. The zero-order chi connectivity index (χ0) is 23.7. The number of amides is 1. The van der Waals surface area contributed by atoms with Crippen LogP contribution in [0.4, 0.5) is 4.39 Å². The van der Waals surface area contributed by atoms with Crippen molar-refractivity contribution in [2.75, 3.05) is 44.4 Å². The van der Waals surface area contributed by atoms with E-state index in [1.165, 1.54) is 12.1 Å². The molecular weight excluding hydrogens is 433 g/mol. The molecule has 0 aliphatic carbocycles. The third-order valence-electron chi connectivity index (χ3n) is 6.75. The third kappa shape index (κ3) is 5.81. The fourth-order valence-corrected chi connectivity index (χ4v) is 6.44. The van der Waals surface area contributed by atoms with Crippen molar-refractivity contribution in [3.63, 3.8) is 0 Å². The predicted molar refractivity (Wildman–Crippen MR) is 122 cm³/mol. The molecule has 2 aliphatic rings. The number of hydrogen-bond donors (Lipinski definition) is 0. The molecule has 0 saturated carbocycles. The molecule has 0 aromatic heterocycles. The zero-order valence-electron chi connectivity index (χ0n) is 19.9. The Morgan fingerprint density at radius 1 is 1.19 bits per heavy atom. The Balaban J connectivity index is 1.78. The maximum atomic E-state index is 15.0. The van der Waals surface area contributed by atoms with Gasteiger partial charge >= 0.3 is 0 Å². The number of ether oxygens (including phenoxy) is 2. The molecule has 32 heavy (non-hydrogen) atoms. The fourth-order valence-electron chi connectivity index (χ4n) is 4.40. The van der Waals surface area contributed by atoms with Crippen LogP contribution in [-0.4, -0.2) is 63.6 Å². The summed E-state index contributed by atoms with van der Waals surface area (Å²) in [7, 11) is -2.95. The number of morpholine rings is 1. The number of benzene rings is 1. The van der Waals surface area contributed by atoms with Gasteiger partial charge in [0.05, 0.1) is 36.9 Å². The van der Waals surface area contributed by atoms with E-state index in [1.54, 1.807) is 4.90 Å². The average Bonchev–Trinajstić information content (AvgIpc) is 3.09. The first kappa shape index (κ1) is 25.0. The van der Waals surface area contributed by atoms with Crippen LogP contribution in [0.25, 0.3) is 0 Å². The number of halogens is 1. The smallest absolute Gasteiger partial charge is 0.257 e. The number of rotatable bonds is 6. The highest BCUT2D eigenvalue weighted by Crippen LogP contribution is 2.39. The molecular formula is C24H36FNO5S. The largest absolute Gasteiger partial charge is 0.493 e. The van der Waals surface area contributed by atoms with E-state index >= 15 is 0 Å². The first-order valence-corrected chi connectivity index (χ1v) is 13.2. The second kappa shape index (κ2) is 9.29. The van der Waals surface area contributed by atoms with Crippen LogP contribution >= 0.6 is 0 Å². The summed E-state index contributed by atoms with van der Waals surface area (Å²) >= 11 is 0. The number of nitrogens with zero attached hydrogens (tertiary/aromatic N) is 1. The molecule has 0 radical (unpaired) electrons. The van der Waals surface area contributed by atoms with Gasteiger partial charge in [-0.3, -0.25) is 4.79 Å². The molecule has 1 unspecified atom stereocenters. The van der Waals surface area contributed by atoms with E-state index in [2.05, 4.69) is 13.8 Å². The molecule has 8 heteroatoms. The van der Waals surface area contributed by atoms with Gasteiger partial charge in [0.15, 0.2) is 9.84 Å².